The number of pyridine rings is 1. The fourth-order valence-electron chi connectivity index (χ4n) is 3.44. The molecule has 36 heavy (non-hydrogen) atoms. The highest BCUT2D eigenvalue weighted by molar-refractivity contribution is 6.33. The van der Waals surface area contributed by atoms with Crippen molar-refractivity contribution in [2.45, 2.75) is 39.9 Å². The maximum atomic E-state index is 12.0. The van der Waals surface area contributed by atoms with Crippen LogP contribution in [-0.2, 0) is 9.47 Å². The summed E-state index contributed by atoms with van der Waals surface area (Å²) < 4.78 is 10.2. The van der Waals surface area contributed by atoms with E-state index in [4.69, 9.17) is 21.1 Å². The molecule has 10 heteroatoms. The molecule has 0 saturated carbocycles. The number of nitrogens with one attached hydrogen (secondary N) is 3. The lowest BCUT2D eigenvalue weighted by molar-refractivity contribution is 0.129. The molecule has 4 rings (SSSR count). The summed E-state index contributed by atoms with van der Waals surface area (Å²) in [5.74, 6) is 0.517. The molecule has 2 aromatic heterocycles. The quantitative estimate of drug-likeness (QED) is 0.262. The Hall–Kier alpha value is -4.11. The van der Waals surface area contributed by atoms with Gasteiger partial charge in [0.1, 0.15) is 5.82 Å². The molecule has 0 radical (unpaired) electrons. The fourth-order valence-corrected chi connectivity index (χ4v) is 3.65. The smallest absolute Gasteiger partial charge is 0.411 e. The van der Waals surface area contributed by atoms with Crippen LogP contribution in [0.15, 0.2) is 54.7 Å². The number of aromatic amines is 1. The number of halogens is 1. The molecule has 2 heterocycles. The second kappa shape index (κ2) is 10.7. The number of imidazole rings is 1. The number of hydrogen-bond donors (Lipinski definition) is 3. The van der Waals surface area contributed by atoms with Gasteiger partial charge in [-0.2, -0.15) is 0 Å². The Balaban J connectivity index is 1.55. The third-order valence-electron chi connectivity index (χ3n) is 4.96. The molecule has 0 aliphatic heterocycles. The van der Waals surface area contributed by atoms with E-state index >= 15 is 0 Å². The highest BCUT2D eigenvalue weighted by atomic mass is 35.5. The van der Waals surface area contributed by atoms with Crippen LogP contribution in [0.4, 0.5) is 21.0 Å². The Labute approximate surface area is 213 Å². The molecule has 0 unspecified atom stereocenters. The van der Waals surface area contributed by atoms with Gasteiger partial charge in [0, 0.05) is 28.7 Å². The van der Waals surface area contributed by atoms with Crippen LogP contribution in [0.2, 0.25) is 5.02 Å². The lowest BCUT2D eigenvalue weighted by Crippen LogP contribution is -2.17. The van der Waals surface area contributed by atoms with Crippen molar-refractivity contribution in [2.24, 2.45) is 0 Å². The molecule has 0 atom stereocenters. The van der Waals surface area contributed by atoms with Gasteiger partial charge in [-0.3, -0.25) is 10.6 Å². The Morgan fingerprint density at radius 3 is 2.11 bits per heavy atom. The molecular weight excluding hydrogens is 482 g/mol. The van der Waals surface area contributed by atoms with Crippen molar-refractivity contribution < 1.29 is 19.1 Å². The zero-order chi connectivity index (χ0) is 25.8. The second-order valence-electron chi connectivity index (χ2n) is 8.61. The van der Waals surface area contributed by atoms with Crippen LogP contribution in [0, 0.1) is 0 Å². The molecule has 0 aliphatic carbocycles. The topological polar surface area (TPSA) is 118 Å². The number of carbonyl (C=O) groups excluding carboxylic acids is 2. The highest BCUT2D eigenvalue weighted by Gasteiger charge is 2.14. The van der Waals surface area contributed by atoms with Crippen LogP contribution in [0.25, 0.3) is 33.7 Å². The van der Waals surface area contributed by atoms with Gasteiger partial charge in [-0.05, 0) is 69.7 Å². The van der Waals surface area contributed by atoms with E-state index in [1.165, 1.54) is 0 Å². The maximum Gasteiger partial charge on any atom is 0.411 e. The first-order valence-corrected chi connectivity index (χ1v) is 11.8. The number of benzene rings is 2. The van der Waals surface area contributed by atoms with Gasteiger partial charge in [0.05, 0.1) is 22.7 Å². The van der Waals surface area contributed by atoms with Gasteiger partial charge < -0.3 is 14.5 Å². The maximum absolute atomic E-state index is 12.0. The van der Waals surface area contributed by atoms with Crippen LogP contribution in [0.5, 0.6) is 0 Å². The standard InChI is InChI=1S/C26H26ClN5O4/c1-14(2)35-25(33)29-18-7-5-16(6-8-18)17-11-22-24(28-13-17)32-23(31-22)20-12-19(9-10-21(20)27)30-26(34)36-15(3)4/h5-15H,1-4H3,(H,29,33)(H,30,34)(H,28,31,32). The van der Waals surface area contributed by atoms with Crippen LogP contribution in [0.1, 0.15) is 27.7 Å². The molecule has 0 fully saturated rings. The van der Waals surface area contributed by atoms with Crippen LogP contribution >= 0.6 is 11.6 Å². The van der Waals surface area contributed by atoms with E-state index in [1.54, 1.807) is 64.2 Å². The first-order valence-electron chi connectivity index (χ1n) is 11.4. The number of hydrogen-bond acceptors (Lipinski definition) is 6. The normalized spacial score (nSPS) is 11.1. The van der Waals surface area contributed by atoms with E-state index in [2.05, 4.69) is 25.6 Å². The molecule has 0 spiro atoms. The number of amides is 2. The molecule has 2 aromatic carbocycles. The number of aromatic nitrogens is 3. The Morgan fingerprint density at radius 1 is 0.861 bits per heavy atom. The van der Waals surface area contributed by atoms with Crippen LogP contribution in [-0.4, -0.2) is 39.3 Å². The van der Waals surface area contributed by atoms with E-state index in [1.807, 2.05) is 18.2 Å². The van der Waals surface area contributed by atoms with Gasteiger partial charge in [-0.1, -0.05) is 23.7 Å². The molecule has 186 valence electrons. The third kappa shape index (κ3) is 6.11. The average molecular weight is 508 g/mol. The van der Waals surface area contributed by atoms with E-state index < -0.39 is 12.2 Å². The summed E-state index contributed by atoms with van der Waals surface area (Å²) in [5, 5.41) is 5.85. The molecule has 4 aromatic rings. The van der Waals surface area contributed by atoms with Gasteiger partial charge in [-0.25, -0.2) is 19.6 Å². The predicted octanol–water partition coefficient (Wildman–Crippen LogP) is 6.86. The van der Waals surface area contributed by atoms with E-state index in [0.29, 0.717) is 33.4 Å². The van der Waals surface area contributed by atoms with Crippen molar-refractivity contribution in [3.8, 4) is 22.5 Å². The summed E-state index contributed by atoms with van der Waals surface area (Å²) in [6.07, 6.45) is 0.245. The molecule has 3 N–H and O–H groups in total. The van der Waals surface area contributed by atoms with Gasteiger partial charge in [-0.15, -0.1) is 0 Å². The van der Waals surface area contributed by atoms with Crippen molar-refractivity contribution in [2.75, 3.05) is 10.6 Å². The van der Waals surface area contributed by atoms with Gasteiger partial charge in [0.25, 0.3) is 0 Å². The summed E-state index contributed by atoms with van der Waals surface area (Å²) in [6.45, 7) is 7.13. The summed E-state index contributed by atoms with van der Waals surface area (Å²) in [6, 6.07) is 14.4. The molecule has 0 saturated heterocycles. The number of H-pyrrole nitrogens is 1. The summed E-state index contributed by atoms with van der Waals surface area (Å²) in [7, 11) is 0. The van der Waals surface area contributed by atoms with Crippen LogP contribution in [0.3, 0.4) is 0 Å². The largest absolute Gasteiger partial charge is 0.447 e. The minimum absolute atomic E-state index is 0.198. The van der Waals surface area contributed by atoms with Crippen molar-refractivity contribution in [1.82, 2.24) is 15.0 Å². The van der Waals surface area contributed by atoms with E-state index in [9.17, 15) is 9.59 Å². The number of ether oxygens (including phenoxy) is 2. The fraction of sp³-hybridized carbons (Fsp3) is 0.231. The van der Waals surface area contributed by atoms with E-state index in [0.717, 1.165) is 16.6 Å². The minimum atomic E-state index is -0.549. The van der Waals surface area contributed by atoms with Gasteiger partial charge in [0.15, 0.2) is 5.65 Å². The van der Waals surface area contributed by atoms with Gasteiger partial charge >= 0.3 is 12.2 Å². The molecule has 9 nitrogen and oxygen atoms in total. The lowest BCUT2D eigenvalue weighted by atomic mass is 10.1. The van der Waals surface area contributed by atoms with Crippen LogP contribution < -0.4 is 10.6 Å². The lowest BCUT2D eigenvalue weighted by Gasteiger charge is -2.10. The highest BCUT2D eigenvalue weighted by Crippen LogP contribution is 2.31. The van der Waals surface area contributed by atoms with Crippen molar-refractivity contribution in [1.29, 1.82) is 0 Å². The predicted molar refractivity (Wildman–Crippen MR) is 140 cm³/mol. The number of carbonyl (C=O) groups is 2. The summed E-state index contributed by atoms with van der Waals surface area (Å²) >= 11 is 6.42. The van der Waals surface area contributed by atoms with Gasteiger partial charge in [0.2, 0.25) is 0 Å². The average Bonchev–Trinajstić information content (AvgIpc) is 3.23. The summed E-state index contributed by atoms with van der Waals surface area (Å²) in [4.78, 5) is 36.0. The molecule has 0 bridgehead atoms. The van der Waals surface area contributed by atoms with Crippen molar-refractivity contribution >= 4 is 46.3 Å². The number of nitrogens with zero attached hydrogens (tertiary/aromatic N) is 2. The Kier molecular flexibility index (Phi) is 7.40. The third-order valence-corrected chi connectivity index (χ3v) is 5.29. The first-order chi connectivity index (χ1) is 17.2. The Morgan fingerprint density at radius 2 is 1.47 bits per heavy atom. The molecule has 0 aliphatic rings. The number of rotatable bonds is 6. The summed E-state index contributed by atoms with van der Waals surface area (Å²) in [5.41, 5.74) is 4.80. The van der Waals surface area contributed by atoms with E-state index in [-0.39, 0.29) is 12.2 Å². The Bertz CT molecular complexity index is 1400. The monoisotopic (exact) mass is 507 g/mol. The van der Waals surface area contributed by atoms with Crippen molar-refractivity contribution in [3.05, 3.63) is 59.8 Å². The first kappa shape index (κ1) is 25.0. The second-order valence-corrected chi connectivity index (χ2v) is 9.02. The number of fused-ring (bicyclic) bond motifs is 1. The zero-order valence-electron chi connectivity index (χ0n) is 20.3. The number of anilines is 2. The zero-order valence-corrected chi connectivity index (χ0v) is 21.0. The minimum Gasteiger partial charge on any atom is -0.447 e. The molecule has 2 amide bonds. The van der Waals surface area contributed by atoms with Crippen molar-refractivity contribution in [3.63, 3.8) is 0 Å². The SMILES string of the molecule is CC(C)OC(=O)Nc1ccc(-c2cnc3nc(-c4cc(NC(=O)OC(C)C)ccc4Cl)[nH]c3c2)cc1. The molecular formula is C26H26ClN5O4.